The van der Waals surface area contributed by atoms with Crippen molar-refractivity contribution in [1.82, 2.24) is 9.80 Å². The van der Waals surface area contributed by atoms with Crippen LogP contribution in [0.1, 0.15) is 23.2 Å². The predicted molar refractivity (Wildman–Crippen MR) is 81.4 cm³/mol. The van der Waals surface area contributed by atoms with Crippen molar-refractivity contribution in [2.45, 2.75) is 12.8 Å². The molecule has 0 radical (unpaired) electrons. The van der Waals surface area contributed by atoms with E-state index >= 15 is 0 Å². The van der Waals surface area contributed by atoms with Crippen LogP contribution >= 0.6 is 15.9 Å². The van der Waals surface area contributed by atoms with Crippen LogP contribution in [0.2, 0.25) is 0 Å². The SMILES string of the molecule is CN(C)C(=O)C1CCN(C(=O)c2ccc(F)cc2Br)CC1. The van der Waals surface area contributed by atoms with Crippen LogP contribution in [0.3, 0.4) is 0 Å². The molecule has 6 heteroatoms. The molecule has 0 spiro atoms. The first-order chi connectivity index (χ1) is 9.90. The van der Waals surface area contributed by atoms with Crippen molar-refractivity contribution >= 4 is 27.7 Å². The molecule has 0 unspecified atom stereocenters. The van der Waals surface area contributed by atoms with E-state index < -0.39 is 0 Å². The number of rotatable bonds is 2. The van der Waals surface area contributed by atoms with Crippen LogP contribution in [0.25, 0.3) is 0 Å². The van der Waals surface area contributed by atoms with E-state index in [9.17, 15) is 14.0 Å². The van der Waals surface area contributed by atoms with E-state index in [1.807, 2.05) is 0 Å². The monoisotopic (exact) mass is 356 g/mol. The van der Waals surface area contributed by atoms with Crippen molar-refractivity contribution in [3.8, 4) is 0 Å². The highest BCUT2D eigenvalue weighted by atomic mass is 79.9. The normalized spacial score (nSPS) is 15.9. The molecule has 1 heterocycles. The van der Waals surface area contributed by atoms with Crippen LogP contribution in [0, 0.1) is 11.7 Å². The van der Waals surface area contributed by atoms with Gasteiger partial charge in [-0.2, -0.15) is 0 Å². The van der Waals surface area contributed by atoms with Crippen molar-refractivity contribution in [3.05, 3.63) is 34.1 Å². The Kier molecular flexibility index (Phi) is 4.98. The number of piperidine rings is 1. The van der Waals surface area contributed by atoms with Gasteiger partial charge in [0.15, 0.2) is 0 Å². The molecule has 21 heavy (non-hydrogen) atoms. The van der Waals surface area contributed by atoms with E-state index in [0.717, 1.165) is 0 Å². The summed E-state index contributed by atoms with van der Waals surface area (Å²) >= 11 is 3.22. The van der Waals surface area contributed by atoms with Crippen LogP contribution in [0.4, 0.5) is 4.39 Å². The van der Waals surface area contributed by atoms with Crippen molar-refractivity contribution in [2.75, 3.05) is 27.2 Å². The predicted octanol–water partition coefficient (Wildman–Crippen LogP) is 2.53. The number of benzene rings is 1. The molecule has 1 saturated heterocycles. The van der Waals surface area contributed by atoms with Crippen LogP contribution in [0.5, 0.6) is 0 Å². The van der Waals surface area contributed by atoms with Gasteiger partial charge in [-0.3, -0.25) is 9.59 Å². The summed E-state index contributed by atoms with van der Waals surface area (Å²) in [5.74, 6) is -0.405. The third-order valence-corrected chi connectivity index (χ3v) is 4.39. The Bertz CT molecular complexity index is 555. The highest BCUT2D eigenvalue weighted by Crippen LogP contribution is 2.24. The summed E-state index contributed by atoms with van der Waals surface area (Å²) in [4.78, 5) is 27.6. The molecule has 1 aliphatic rings. The lowest BCUT2D eigenvalue weighted by atomic mass is 9.95. The van der Waals surface area contributed by atoms with Gasteiger partial charge in [-0.05, 0) is 47.0 Å². The zero-order valence-electron chi connectivity index (χ0n) is 12.1. The summed E-state index contributed by atoms with van der Waals surface area (Å²) in [7, 11) is 3.49. The smallest absolute Gasteiger partial charge is 0.255 e. The summed E-state index contributed by atoms with van der Waals surface area (Å²) < 4.78 is 13.5. The standard InChI is InChI=1S/C15H18BrFN2O2/c1-18(2)14(20)10-5-7-19(8-6-10)15(21)12-4-3-11(17)9-13(12)16/h3-4,9-10H,5-8H2,1-2H3. The van der Waals surface area contributed by atoms with Crippen LogP contribution in [-0.2, 0) is 4.79 Å². The summed E-state index contributed by atoms with van der Waals surface area (Å²) in [6, 6.07) is 4.05. The highest BCUT2D eigenvalue weighted by molar-refractivity contribution is 9.10. The van der Waals surface area contributed by atoms with E-state index in [0.29, 0.717) is 36.0 Å². The fourth-order valence-corrected chi connectivity index (χ4v) is 3.05. The van der Waals surface area contributed by atoms with E-state index in [2.05, 4.69) is 15.9 Å². The Morgan fingerprint density at radius 3 is 2.43 bits per heavy atom. The number of carbonyl (C=O) groups is 2. The minimum absolute atomic E-state index is 0.0132. The third kappa shape index (κ3) is 3.61. The lowest BCUT2D eigenvalue weighted by Gasteiger charge is -2.32. The second-order valence-corrected chi connectivity index (χ2v) is 6.28. The Hall–Kier alpha value is -1.43. The molecule has 1 fully saturated rings. The first-order valence-electron chi connectivity index (χ1n) is 6.85. The van der Waals surface area contributed by atoms with Gasteiger partial charge in [-0.25, -0.2) is 4.39 Å². The average molecular weight is 357 g/mol. The van der Waals surface area contributed by atoms with E-state index in [4.69, 9.17) is 0 Å². The van der Waals surface area contributed by atoms with E-state index in [1.54, 1.807) is 23.9 Å². The van der Waals surface area contributed by atoms with Crippen molar-refractivity contribution < 1.29 is 14.0 Å². The molecule has 0 aromatic heterocycles. The first kappa shape index (κ1) is 15.9. The van der Waals surface area contributed by atoms with Gasteiger partial charge in [0.1, 0.15) is 5.82 Å². The fourth-order valence-electron chi connectivity index (χ4n) is 2.53. The van der Waals surface area contributed by atoms with Gasteiger partial charge >= 0.3 is 0 Å². The first-order valence-corrected chi connectivity index (χ1v) is 7.65. The molecule has 114 valence electrons. The summed E-state index contributed by atoms with van der Waals surface area (Å²) in [6.45, 7) is 1.10. The molecule has 1 aliphatic heterocycles. The van der Waals surface area contributed by atoms with E-state index in [-0.39, 0.29) is 23.5 Å². The van der Waals surface area contributed by atoms with Gasteiger partial charge in [0.05, 0.1) is 5.56 Å². The molecule has 1 aromatic carbocycles. The number of likely N-dealkylation sites (tertiary alicyclic amines) is 1. The minimum Gasteiger partial charge on any atom is -0.349 e. The molecule has 4 nitrogen and oxygen atoms in total. The van der Waals surface area contributed by atoms with Gasteiger partial charge in [0.25, 0.3) is 5.91 Å². The molecule has 0 saturated carbocycles. The van der Waals surface area contributed by atoms with Gasteiger partial charge < -0.3 is 9.80 Å². The largest absolute Gasteiger partial charge is 0.349 e. The number of nitrogens with zero attached hydrogens (tertiary/aromatic N) is 2. The summed E-state index contributed by atoms with van der Waals surface area (Å²) in [5.41, 5.74) is 0.453. The maximum Gasteiger partial charge on any atom is 0.255 e. The lowest BCUT2D eigenvalue weighted by molar-refractivity contribution is -0.134. The van der Waals surface area contributed by atoms with E-state index in [1.165, 1.54) is 18.2 Å². The molecule has 2 amide bonds. The van der Waals surface area contributed by atoms with Crippen molar-refractivity contribution in [2.24, 2.45) is 5.92 Å². The minimum atomic E-state index is -0.381. The van der Waals surface area contributed by atoms with Gasteiger partial charge in [-0.1, -0.05) is 0 Å². The summed E-state index contributed by atoms with van der Waals surface area (Å²) in [6.07, 6.45) is 1.34. The topological polar surface area (TPSA) is 40.6 Å². The van der Waals surface area contributed by atoms with Crippen LogP contribution in [0.15, 0.2) is 22.7 Å². The Balaban J connectivity index is 2.02. The molecule has 0 atom stereocenters. The number of amides is 2. The molecule has 0 N–H and O–H groups in total. The maximum absolute atomic E-state index is 13.1. The zero-order valence-corrected chi connectivity index (χ0v) is 13.7. The molecule has 0 bridgehead atoms. The molecule has 0 aliphatic carbocycles. The van der Waals surface area contributed by atoms with Gasteiger partial charge in [0.2, 0.25) is 5.91 Å². The molecule has 1 aromatic rings. The Morgan fingerprint density at radius 1 is 1.29 bits per heavy atom. The Morgan fingerprint density at radius 2 is 1.90 bits per heavy atom. The number of hydrogen-bond donors (Lipinski definition) is 0. The van der Waals surface area contributed by atoms with Crippen LogP contribution in [-0.4, -0.2) is 48.8 Å². The fraction of sp³-hybridized carbons (Fsp3) is 0.467. The van der Waals surface area contributed by atoms with Crippen molar-refractivity contribution in [1.29, 1.82) is 0 Å². The van der Waals surface area contributed by atoms with Crippen LogP contribution < -0.4 is 0 Å². The zero-order chi connectivity index (χ0) is 15.6. The molecular weight excluding hydrogens is 339 g/mol. The van der Waals surface area contributed by atoms with Gasteiger partial charge in [0, 0.05) is 37.6 Å². The maximum atomic E-state index is 13.1. The lowest BCUT2D eigenvalue weighted by Crippen LogP contribution is -2.42. The summed E-state index contributed by atoms with van der Waals surface area (Å²) in [5, 5.41) is 0. The Labute approximate surface area is 132 Å². The van der Waals surface area contributed by atoms with Gasteiger partial charge in [-0.15, -0.1) is 0 Å². The third-order valence-electron chi connectivity index (χ3n) is 3.73. The number of carbonyl (C=O) groups excluding carboxylic acids is 2. The quantitative estimate of drug-likeness (QED) is 0.816. The molecule has 2 rings (SSSR count). The van der Waals surface area contributed by atoms with Crippen molar-refractivity contribution in [3.63, 3.8) is 0 Å². The molecular formula is C15H18BrFN2O2. The average Bonchev–Trinajstić information content (AvgIpc) is 2.46. The number of hydrogen-bond acceptors (Lipinski definition) is 2. The second kappa shape index (κ2) is 6.56. The second-order valence-electron chi connectivity index (χ2n) is 5.42. The highest BCUT2D eigenvalue weighted by Gasteiger charge is 2.29. The number of halogens is 2.